The average Bonchev–Trinajstić information content (AvgIpc) is 0.730. The second kappa shape index (κ2) is 41.3. The fourth-order valence-electron chi connectivity index (χ4n) is 16.5. The third-order valence-electron chi connectivity index (χ3n) is 23.2. The highest BCUT2D eigenvalue weighted by atomic mass is 35.5. The summed E-state index contributed by atoms with van der Waals surface area (Å²) in [5.41, 5.74) is 22.2. The largest absolute Gasteiger partial charge is 0.203 e. The molecule has 4 saturated carbocycles. The second-order valence-corrected chi connectivity index (χ2v) is 44.8. The van der Waals surface area contributed by atoms with Crippen molar-refractivity contribution in [1.29, 1.82) is 0 Å². The lowest BCUT2D eigenvalue weighted by molar-refractivity contribution is -0.113. The van der Waals surface area contributed by atoms with Gasteiger partial charge in [-0.1, -0.05) is 386 Å². The maximum atomic E-state index is 13.4. The second-order valence-electron chi connectivity index (χ2n) is 43.9. The molecule has 0 radical (unpaired) electrons. The van der Waals surface area contributed by atoms with Crippen LogP contribution in [0.25, 0.3) is 0 Å². The molecule has 0 aromatic heterocycles. The molecule has 0 N–H and O–H groups in total. The van der Waals surface area contributed by atoms with Crippen molar-refractivity contribution in [3.8, 4) is 0 Å². The first-order valence-corrected chi connectivity index (χ1v) is 42.4. The number of benzene rings is 7. The zero-order chi connectivity index (χ0) is 86.5. The molecule has 0 spiro atoms. The predicted molar refractivity (Wildman–Crippen MR) is 493 cm³/mol. The summed E-state index contributed by atoms with van der Waals surface area (Å²) in [6.07, 6.45) is 9.41. The van der Waals surface area contributed by atoms with Gasteiger partial charge in [-0.15, -0.1) is 0 Å². The molecule has 4 fully saturated rings. The van der Waals surface area contributed by atoms with Crippen molar-refractivity contribution in [2.45, 2.75) is 380 Å². The molecule has 630 valence electrons. The number of aryl methyl sites for hydroxylation is 6. The van der Waals surface area contributed by atoms with E-state index in [1.54, 1.807) is 64.9 Å². The Morgan fingerprint density at radius 2 is 0.616 bits per heavy atom. The van der Waals surface area contributed by atoms with Gasteiger partial charge in [0.1, 0.15) is 0 Å². The Morgan fingerprint density at radius 3 is 0.866 bits per heavy atom. The minimum atomic E-state index is -1.75. The van der Waals surface area contributed by atoms with Crippen LogP contribution >= 0.6 is 23.2 Å². The van der Waals surface area contributed by atoms with Gasteiger partial charge in [-0.3, -0.25) is 0 Å². The summed E-state index contributed by atoms with van der Waals surface area (Å²) >= 11 is 12.1. The van der Waals surface area contributed by atoms with Crippen molar-refractivity contribution in [2.24, 2.45) is 39.4 Å². The summed E-state index contributed by atoms with van der Waals surface area (Å²) in [5, 5.41) is 1.49. The molecule has 4 aliphatic carbocycles. The predicted octanol–water partition coefficient (Wildman–Crippen LogP) is 35.1. The Labute approximate surface area is 698 Å². The van der Waals surface area contributed by atoms with Crippen LogP contribution in [0.1, 0.15) is 382 Å². The maximum absolute atomic E-state index is 13.4. The number of hydrogen-bond donors (Lipinski definition) is 0. The van der Waals surface area contributed by atoms with Crippen LogP contribution in [0.2, 0.25) is 10.0 Å². The van der Waals surface area contributed by atoms with E-state index in [0.717, 1.165) is 38.8 Å². The zero-order valence-electron chi connectivity index (χ0n) is 78.4. The molecule has 0 saturated heterocycles. The van der Waals surface area contributed by atoms with Crippen molar-refractivity contribution >= 4 is 23.2 Å². The Balaban J connectivity index is 0.000000633. The molecule has 11 rings (SSSR count). The van der Waals surface area contributed by atoms with Crippen LogP contribution in [0.3, 0.4) is 0 Å². The minimum absolute atomic E-state index is 0. The molecule has 4 bridgehead atoms. The highest BCUT2D eigenvalue weighted by Gasteiger charge is 2.55. The van der Waals surface area contributed by atoms with E-state index in [2.05, 4.69) is 359 Å². The first-order chi connectivity index (χ1) is 49.9. The van der Waals surface area contributed by atoms with Crippen LogP contribution in [0.4, 0.5) is 17.6 Å². The van der Waals surface area contributed by atoms with E-state index in [1.165, 1.54) is 73.7 Å². The quantitative estimate of drug-likeness (QED) is 0.0919. The van der Waals surface area contributed by atoms with Gasteiger partial charge in [0, 0.05) is 15.6 Å². The van der Waals surface area contributed by atoms with Crippen LogP contribution < -0.4 is 0 Å². The fourth-order valence-corrected chi connectivity index (χ4v) is 17.5. The van der Waals surface area contributed by atoms with E-state index in [4.69, 9.17) is 23.2 Å². The van der Waals surface area contributed by atoms with Gasteiger partial charge in [-0.25, -0.2) is 17.6 Å². The highest BCUT2D eigenvalue weighted by molar-refractivity contribution is 6.36. The molecule has 7 aromatic rings. The smallest absolute Gasteiger partial charge is 0.197 e. The van der Waals surface area contributed by atoms with Gasteiger partial charge in [0.05, 0.1) is 0 Å². The third kappa shape index (κ3) is 31.4. The van der Waals surface area contributed by atoms with Gasteiger partial charge in [0.25, 0.3) is 0 Å². The molecule has 0 heterocycles. The van der Waals surface area contributed by atoms with Crippen LogP contribution in [0.5, 0.6) is 0 Å². The monoisotopic (exact) mass is 1580 g/mol. The molecule has 6 heteroatoms. The first kappa shape index (κ1) is 105. The Morgan fingerprint density at radius 1 is 0.321 bits per heavy atom. The summed E-state index contributed by atoms with van der Waals surface area (Å²) in [7, 11) is 0. The third-order valence-corrected chi connectivity index (χ3v) is 23.8. The van der Waals surface area contributed by atoms with Crippen molar-refractivity contribution in [3.05, 3.63) is 244 Å². The summed E-state index contributed by atoms with van der Waals surface area (Å²) in [6.45, 7) is 89.6. The topological polar surface area (TPSA) is 0 Å². The van der Waals surface area contributed by atoms with Gasteiger partial charge in [-0.2, -0.15) is 0 Å². The molecule has 0 amide bonds. The standard InChI is InChI=1S/C16H26.C14H24.2C12H18.C11H12F4.2C11H16.C10H12Cl2.C8H18.CH4/c1-11(2)13-9-8-10-14(12(3)4)15(13)16(5,6)7;1-13(2,3)14-7-10-4-11(8-14)6-12(5-10)9-14;1-9-6-10(2)8-11(7-9)12(3,4)5;1-9-7-6-8-10(2)11(9)12(3,4)5;1-5-6(11(2,3)4)8(13)10(15)9(14)7(5)12;2*1-9-7-5-6-8-10(9)11(2,3)4;1-10(2,3)9-7(11)5-4-6-8(9)12;1-7(2,3)8(4,5)6;/h8-12H,1-7H3;10-12H,4-9H2,1-3H3;2*6-8H,1-5H3;1-4H3;2*5-8H,1-4H3;4-6H,1-3H3;1-6H3;1H4. The molecule has 0 nitrogen and oxygen atoms in total. The fraction of sp³-hybridized carbons (Fsp3) is 0.604. The van der Waals surface area contributed by atoms with E-state index in [1.807, 2.05) is 18.2 Å². The van der Waals surface area contributed by atoms with E-state index < -0.39 is 28.7 Å². The van der Waals surface area contributed by atoms with Crippen molar-refractivity contribution < 1.29 is 17.6 Å². The average molecular weight is 1590 g/mol. The van der Waals surface area contributed by atoms with E-state index in [0.29, 0.717) is 28.1 Å². The lowest BCUT2D eigenvalue weighted by Gasteiger charge is -2.62. The minimum Gasteiger partial charge on any atom is -0.203 e. The SMILES string of the molecule is C.CC(C)(C)C(C)(C)C.CC(C)(C)C12CC3CC(CC(C3)C1)C2.CC(C)(C)c1c(Cl)cccc1Cl.CC(C)c1cccc(C(C)C)c1C(C)(C)C.Cc1c(F)c(F)c(F)c(F)c1C(C)(C)C.Cc1cc(C)cc(C(C)(C)C)c1.Cc1cccc(C)c1C(C)(C)C.Cc1ccccc1C(C)(C)C.Cc1ccccc1C(C)(C)C. The van der Waals surface area contributed by atoms with Gasteiger partial charge in [0.2, 0.25) is 0 Å². The number of halogens is 6. The Hall–Kier alpha value is -5.16. The van der Waals surface area contributed by atoms with Crippen molar-refractivity contribution in [3.63, 3.8) is 0 Å². The van der Waals surface area contributed by atoms with Crippen LogP contribution in [0.15, 0.2) is 121 Å². The van der Waals surface area contributed by atoms with Gasteiger partial charge >= 0.3 is 0 Å². The van der Waals surface area contributed by atoms with Crippen LogP contribution in [-0.2, 0) is 37.9 Å². The van der Waals surface area contributed by atoms with Gasteiger partial charge < -0.3 is 0 Å². The number of hydrogen-bond acceptors (Lipinski definition) is 0. The zero-order valence-corrected chi connectivity index (χ0v) is 80.0. The van der Waals surface area contributed by atoms with Crippen LogP contribution in [0, 0.1) is 111 Å². The van der Waals surface area contributed by atoms with E-state index >= 15 is 0 Å². The molecule has 0 atom stereocenters. The molecule has 0 aliphatic heterocycles. The molecular weight excluding hydrogens is 1420 g/mol. The van der Waals surface area contributed by atoms with E-state index in [-0.39, 0.29) is 51.0 Å². The Kier molecular flexibility index (Phi) is 38.7. The molecule has 7 aromatic carbocycles. The molecule has 0 unspecified atom stereocenters. The van der Waals surface area contributed by atoms with Crippen molar-refractivity contribution in [1.82, 2.24) is 0 Å². The molecule has 112 heavy (non-hydrogen) atoms. The summed E-state index contributed by atoms with van der Waals surface area (Å²) in [4.78, 5) is 0. The molecular formula is C106H164Cl2F4. The van der Waals surface area contributed by atoms with Gasteiger partial charge in [0.15, 0.2) is 23.3 Å². The summed E-state index contributed by atoms with van der Waals surface area (Å²) in [6, 6.07) is 42.8. The van der Waals surface area contributed by atoms with Gasteiger partial charge in [-0.05, 0) is 261 Å². The maximum Gasteiger partial charge on any atom is 0.197 e. The lowest BCUT2D eigenvalue weighted by Crippen LogP contribution is -2.51. The van der Waals surface area contributed by atoms with Crippen LogP contribution in [-0.4, -0.2) is 0 Å². The highest BCUT2D eigenvalue weighted by Crippen LogP contribution is 2.66. The first-order valence-electron chi connectivity index (χ1n) is 41.6. The van der Waals surface area contributed by atoms with E-state index in [9.17, 15) is 17.6 Å². The summed E-state index contributed by atoms with van der Waals surface area (Å²) in [5.74, 6) is -1.58. The Bertz CT molecular complexity index is 3760. The summed E-state index contributed by atoms with van der Waals surface area (Å²) < 4.78 is 52.4. The lowest BCUT2D eigenvalue weighted by atomic mass is 9.43. The number of rotatable bonds is 2. The van der Waals surface area contributed by atoms with Crippen molar-refractivity contribution in [2.75, 3.05) is 0 Å². The molecule has 4 aliphatic rings. The normalized spacial score (nSPS) is 16.9.